The molecule has 5 nitrogen and oxygen atoms in total. The van der Waals surface area contributed by atoms with Crippen molar-refractivity contribution in [3.63, 3.8) is 0 Å². The Morgan fingerprint density at radius 3 is 2.44 bits per heavy atom. The van der Waals surface area contributed by atoms with Gasteiger partial charge in [0.15, 0.2) is 0 Å². The zero-order chi connectivity index (χ0) is 20.1. The molecule has 0 unspecified atom stereocenters. The van der Waals surface area contributed by atoms with Crippen molar-refractivity contribution in [2.75, 3.05) is 13.1 Å². The number of hydrogen-bond acceptors (Lipinski definition) is 3. The lowest BCUT2D eigenvalue weighted by atomic mass is 9.85. The van der Waals surface area contributed by atoms with E-state index in [0.717, 1.165) is 32.2 Å². The summed E-state index contributed by atoms with van der Waals surface area (Å²) in [5, 5.41) is 6.36. The van der Waals surface area contributed by atoms with Crippen LogP contribution in [-0.4, -0.2) is 30.9 Å². The van der Waals surface area contributed by atoms with Gasteiger partial charge in [-0.1, -0.05) is 76.8 Å². The van der Waals surface area contributed by atoms with Gasteiger partial charge < -0.3 is 16.4 Å². The van der Waals surface area contributed by atoms with Gasteiger partial charge in [-0.3, -0.25) is 9.59 Å². The first-order valence-corrected chi connectivity index (χ1v) is 10.2. The summed E-state index contributed by atoms with van der Waals surface area (Å²) in [5.41, 5.74) is 6.19. The van der Waals surface area contributed by atoms with Gasteiger partial charge in [0.1, 0.15) is 0 Å². The van der Waals surface area contributed by atoms with E-state index in [2.05, 4.69) is 29.7 Å². The van der Waals surface area contributed by atoms with Crippen molar-refractivity contribution in [3.8, 4) is 0 Å². The molecule has 0 fully saturated rings. The predicted molar refractivity (Wildman–Crippen MR) is 111 cm³/mol. The Morgan fingerprint density at radius 2 is 1.81 bits per heavy atom. The van der Waals surface area contributed by atoms with E-state index in [9.17, 15) is 9.59 Å². The highest BCUT2D eigenvalue weighted by atomic mass is 16.2. The van der Waals surface area contributed by atoms with E-state index < -0.39 is 11.3 Å². The molecule has 0 radical (unpaired) electrons. The van der Waals surface area contributed by atoms with Crippen LogP contribution in [0, 0.1) is 5.41 Å². The number of hydrogen-bond donors (Lipinski definition) is 3. The highest BCUT2D eigenvalue weighted by Gasteiger charge is 2.29. The number of amides is 2. The fourth-order valence-corrected chi connectivity index (χ4v) is 3.06. The summed E-state index contributed by atoms with van der Waals surface area (Å²) >= 11 is 0. The van der Waals surface area contributed by atoms with Crippen LogP contribution in [0.1, 0.15) is 64.9 Å². The number of carbonyl (C=O) groups is 2. The number of nitrogens with two attached hydrogens (primary N) is 1. The van der Waals surface area contributed by atoms with Gasteiger partial charge >= 0.3 is 0 Å². The van der Waals surface area contributed by atoms with Crippen molar-refractivity contribution in [2.45, 2.75) is 71.8 Å². The average Bonchev–Trinajstić information content (AvgIpc) is 2.62. The minimum absolute atomic E-state index is 0.00453. The fraction of sp³-hybridized carbons (Fsp3) is 0.636. The Hall–Kier alpha value is -1.88. The van der Waals surface area contributed by atoms with Crippen LogP contribution in [0.3, 0.4) is 0 Å². The summed E-state index contributed by atoms with van der Waals surface area (Å²) in [4.78, 5) is 24.1. The second-order valence-corrected chi connectivity index (χ2v) is 7.98. The Balaban J connectivity index is 2.45. The van der Waals surface area contributed by atoms with Crippen LogP contribution < -0.4 is 16.4 Å². The second kappa shape index (κ2) is 12.5. The van der Waals surface area contributed by atoms with Crippen molar-refractivity contribution in [3.05, 3.63) is 35.9 Å². The summed E-state index contributed by atoms with van der Waals surface area (Å²) < 4.78 is 0. The number of primary amides is 1. The van der Waals surface area contributed by atoms with E-state index in [-0.39, 0.29) is 18.4 Å². The van der Waals surface area contributed by atoms with Gasteiger partial charge in [-0.15, -0.1) is 0 Å². The van der Waals surface area contributed by atoms with Gasteiger partial charge in [-0.25, -0.2) is 0 Å². The second-order valence-electron chi connectivity index (χ2n) is 7.98. The third kappa shape index (κ3) is 10.1. The molecule has 0 aromatic heterocycles. The van der Waals surface area contributed by atoms with E-state index in [1.54, 1.807) is 0 Å². The number of nitrogens with one attached hydrogen (secondary N) is 2. The quantitative estimate of drug-likeness (QED) is 0.437. The number of rotatable bonds is 14. The van der Waals surface area contributed by atoms with Crippen molar-refractivity contribution in [1.29, 1.82) is 0 Å². The predicted octanol–water partition coefficient (Wildman–Crippen LogP) is 3.18. The van der Waals surface area contributed by atoms with Gasteiger partial charge in [0, 0.05) is 18.4 Å². The van der Waals surface area contributed by atoms with E-state index >= 15 is 0 Å². The molecule has 1 rings (SSSR count). The largest absolute Gasteiger partial charge is 0.370 e. The molecule has 2 amide bonds. The number of carbonyl (C=O) groups excluding carboxylic acids is 2. The van der Waals surface area contributed by atoms with E-state index in [1.165, 1.54) is 18.4 Å². The van der Waals surface area contributed by atoms with E-state index in [1.807, 2.05) is 32.0 Å². The van der Waals surface area contributed by atoms with Crippen LogP contribution in [0.25, 0.3) is 0 Å². The maximum Gasteiger partial charge on any atom is 0.225 e. The van der Waals surface area contributed by atoms with Gasteiger partial charge in [0.2, 0.25) is 11.8 Å². The summed E-state index contributed by atoms with van der Waals surface area (Å²) in [6.07, 6.45) is 6.49. The molecule has 0 spiro atoms. The molecule has 1 atom stereocenters. The Labute approximate surface area is 164 Å². The van der Waals surface area contributed by atoms with Crippen LogP contribution in [0.4, 0.5) is 0 Å². The zero-order valence-electron chi connectivity index (χ0n) is 17.2. The monoisotopic (exact) mass is 375 g/mol. The summed E-state index contributed by atoms with van der Waals surface area (Å²) in [6, 6.07) is 9.94. The minimum atomic E-state index is -0.437. The average molecular weight is 376 g/mol. The Morgan fingerprint density at radius 1 is 1.11 bits per heavy atom. The molecule has 0 bridgehead atoms. The number of benzene rings is 1. The molecule has 0 aliphatic heterocycles. The van der Waals surface area contributed by atoms with Gasteiger partial charge in [0.05, 0.1) is 6.04 Å². The summed E-state index contributed by atoms with van der Waals surface area (Å²) in [6.45, 7) is 7.44. The Bertz CT molecular complexity index is 558. The Kier molecular flexibility index (Phi) is 10.7. The maximum atomic E-state index is 12.7. The van der Waals surface area contributed by atoms with Crippen molar-refractivity contribution >= 4 is 11.8 Å². The van der Waals surface area contributed by atoms with E-state index in [4.69, 9.17) is 5.73 Å². The molecule has 5 heteroatoms. The lowest BCUT2D eigenvalue weighted by Gasteiger charge is -2.27. The first-order valence-electron chi connectivity index (χ1n) is 10.2. The molecule has 152 valence electrons. The lowest BCUT2D eigenvalue weighted by molar-refractivity contribution is -0.130. The molecular formula is C22H37N3O2. The number of unbranched alkanes of at least 4 members (excludes halogenated alkanes) is 3. The summed E-state index contributed by atoms with van der Waals surface area (Å²) in [7, 11) is 0. The zero-order valence-corrected chi connectivity index (χ0v) is 17.2. The first kappa shape index (κ1) is 23.2. The molecule has 4 N–H and O–H groups in total. The van der Waals surface area contributed by atoms with Crippen molar-refractivity contribution in [1.82, 2.24) is 10.6 Å². The fourth-order valence-electron chi connectivity index (χ4n) is 3.06. The molecular weight excluding hydrogens is 338 g/mol. The van der Waals surface area contributed by atoms with Gasteiger partial charge in [0.25, 0.3) is 0 Å². The molecule has 27 heavy (non-hydrogen) atoms. The highest BCUT2D eigenvalue weighted by molar-refractivity contribution is 5.83. The standard InChI is InChI=1S/C22H37N3O2/c1-4-5-6-10-14-22(2,3)21(27)25-19(16-20(23)26)17-24-15-13-18-11-8-7-9-12-18/h7-9,11-12,19,24H,4-6,10,13-17H2,1-3H3,(H2,23,26)(H,25,27)/t19-/m1/s1. The minimum Gasteiger partial charge on any atom is -0.370 e. The lowest BCUT2D eigenvalue weighted by Crippen LogP contribution is -2.48. The van der Waals surface area contributed by atoms with Crippen LogP contribution in [0.5, 0.6) is 0 Å². The van der Waals surface area contributed by atoms with Crippen LogP contribution in [-0.2, 0) is 16.0 Å². The molecule has 0 heterocycles. The third-order valence-corrected chi connectivity index (χ3v) is 4.88. The maximum absolute atomic E-state index is 12.7. The molecule has 0 saturated heterocycles. The topological polar surface area (TPSA) is 84.2 Å². The van der Waals surface area contributed by atoms with Crippen molar-refractivity contribution < 1.29 is 9.59 Å². The van der Waals surface area contributed by atoms with Crippen molar-refractivity contribution in [2.24, 2.45) is 11.1 Å². The van der Waals surface area contributed by atoms with Crippen LogP contribution >= 0.6 is 0 Å². The third-order valence-electron chi connectivity index (χ3n) is 4.88. The highest BCUT2D eigenvalue weighted by Crippen LogP contribution is 2.24. The van der Waals surface area contributed by atoms with Crippen LogP contribution in [0.15, 0.2) is 30.3 Å². The van der Waals surface area contributed by atoms with Crippen LogP contribution in [0.2, 0.25) is 0 Å². The molecule has 0 aliphatic rings. The van der Waals surface area contributed by atoms with E-state index in [0.29, 0.717) is 6.54 Å². The molecule has 0 saturated carbocycles. The summed E-state index contributed by atoms with van der Waals surface area (Å²) in [5.74, 6) is -0.402. The smallest absolute Gasteiger partial charge is 0.225 e. The SMILES string of the molecule is CCCCCCC(C)(C)C(=O)N[C@@H](CNCCc1ccccc1)CC(N)=O. The van der Waals surface area contributed by atoms with Gasteiger partial charge in [-0.05, 0) is 24.9 Å². The van der Waals surface area contributed by atoms with Gasteiger partial charge in [-0.2, -0.15) is 0 Å². The molecule has 0 aliphatic carbocycles. The first-order chi connectivity index (χ1) is 12.8. The molecule has 1 aromatic carbocycles. The molecule has 1 aromatic rings. The normalized spacial score (nSPS) is 12.6.